The summed E-state index contributed by atoms with van der Waals surface area (Å²) in [5.74, 6) is 0. The van der Waals surface area contributed by atoms with Gasteiger partial charge in [0.2, 0.25) is 0 Å². The highest BCUT2D eigenvalue weighted by atomic mass is 32.1. The molecule has 3 nitrogen and oxygen atoms in total. The van der Waals surface area contributed by atoms with Crippen molar-refractivity contribution < 1.29 is 5.11 Å². The van der Waals surface area contributed by atoms with Gasteiger partial charge in [0.15, 0.2) is 0 Å². The molecule has 1 aromatic rings. The highest BCUT2D eigenvalue weighted by Crippen LogP contribution is 2.14. The third-order valence-corrected chi connectivity index (χ3v) is 2.96. The van der Waals surface area contributed by atoms with Crippen LogP contribution in [0.15, 0.2) is 10.9 Å². The molecule has 1 aromatic heterocycles. The third-order valence-electron chi connectivity index (χ3n) is 2.35. The minimum absolute atomic E-state index is 0.245. The Morgan fingerprint density at radius 3 is 2.93 bits per heavy atom. The van der Waals surface area contributed by atoms with Crippen LogP contribution in [0, 0.1) is 0 Å². The maximum Gasteiger partial charge on any atom is 0.0795 e. The molecule has 14 heavy (non-hydrogen) atoms. The zero-order valence-electron chi connectivity index (χ0n) is 8.73. The molecule has 0 radical (unpaired) electrons. The topological polar surface area (TPSA) is 45.1 Å². The summed E-state index contributed by atoms with van der Waals surface area (Å²) in [5.41, 5.74) is 2.94. The number of aliphatic hydroxyl groups is 1. The van der Waals surface area contributed by atoms with Gasteiger partial charge in [-0.1, -0.05) is 6.92 Å². The van der Waals surface area contributed by atoms with Crippen molar-refractivity contribution in [2.24, 2.45) is 0 Å². The second-order valence-corrected chi connectivity index (χ2v) is 4.14. The maximum atomic E-state index is 8.86. The zero-order chi connectivity index (χ0) is 10.4. The van der Waals surface area contributed by atoms with Crippen molar-refractivity contribution in [3.63, 3.8) is 0 Å². The van der Waals surface area contributed by atoms with Gasteiger partial charge in [0.05, 0.1) is 11.2 Å². The summed E-state index contributed by atoms with van der Waals surface area (Å²) in [4.78, 5) is 4.26. The summed E-state index contributed by atoms with van der Waals surface area (Å²) in [6, 6.07) is 0.662. The molecule has 2 N–H and O–H groups in total. The lowest BCUT2D eigenvalue weighted by Gasteiger charge is -2.20. The number of hydrogen-bond acceptors (Lipinski definition) is 4. The van der Waals surface area contributed by atoms with Crippen LogP contribution in [0.4, 0.5) is 0 Å². The van der Waals surface area contributed by atoms with E-state index < -0.39 is 0 Å². The first-order valence-electron chi connectivity index (χ1n) is 5.03. The smallest absolute Gasteiger partial charge is 0.0795 e. The van der Waals surface area contributed by atoms with Crippen molar-refractivity contribution >= 4 is 11.3 Å². The van der Waals surface area contributed by atoms with E-state index in [1.165, 1.54) is 0 Å². The molecule has 0 bridgehead atoms. The number of thiazole rings is 1. The fourth-order valence-electron chi connectivity index (χ4n) is 1.44. The van der Waals surface area contributed by atoms with Gasteiger partial charge in [0, 0.05) is 24.1 Å². The molecular weight excluding hydrogens is 196 g/mol. The minimum atomic E-state index is 0.245. The Labute approximate surface area is 89.2 Å². The van der Waals surface area contributed by atoms with Crippen LogP contribution in [0.5, 0.6) is 0 Å². The molecule has 0 aliphatic heterocycles. The molecule has 2 unspecified atom stereocenters. The van der Waals surface area contributed by atoms with Crippen LogP contribution in [0.25, 0.3) is 0 Å². The van der Waals surface area contributed by atoms with E-state index in [-0.39, 0.29) is 12.6 Å². The first-order chi connectivity index (χ1) is 6.77. The molecule has 0 aliphatic carbocycles. The van der Waals surface area contributed by atoms with Crippen LogP contribution in [0.1, 0.15) is 38.4 Å². The molecule has 2 atom stereocenters. The fourth-order valence-corrected chi connectivity index (χ4v) is 2.08. The van der Waals surface area contributed by atoms with Crippen LogP contribution in [-0.2, 0) is 0 Å². The molecule has 0 saturated carbocycles. The quantitative estimate of drug-likeness (QED) is 0.761. The summed E-state index contributed by atoms with van der Waals surface area (Å²) in [6.07, 6.45) is 1.85. The number of nitrogens with zero attached hydrogens (tertiary/aromatic N) is 1. The monoisotopic (exact) mass is 214 g/mol. The van der Waals surface area contributed by atoms with E-state index in [2.05, 4.69) is 29.5 Å². The Balaban J connectivity index is 2.42. The lowest BCUT2D eigenvalue weighted by atomic mass is 10.1. The van der Waals surface area contributed by atoms with Crippen molar-refractivity contribution in [3.8, 4) is 0 Å². The van der Waals surface area contributed by atoms with Gasteiger partial charge in [-0.25, -0.2) is 4.98 Å². The van der Waals surface area contributed by atoms with Crippen LogP contribution in [-0.4, -0.2) is 22.7 Å². The van der Waals surface area contributed by atoms with Crippen molar-refractivity contribution in [3.05, 3.63) is 16.6 Å². The molecule has 0 saturated heterocycles. The molecular formula is C10H18N2OS. The SMILES string of the molecule is CCC(CCO)NC(C)c1cscn1. The summed E-state index contributed by atoms with van der Waals surface area (Å²) in [7, 11) is 0. The van der Waals surface area contributed by atoms with Crippen molar-refractivity contribution in [1.29, 1.82) is 0 Å². The van der Waals surface area contributed by atoms with Crippen molar-refractivity contribution in [2.45, 2.75) is 38.8 Å². The van der Waals surface area contributed by atoms with E-state index in [0.29, 0.717) is 6.04 Å². The first kappa shape index (κ1) is 11.6. The highest BCUT2D eigenvalue weighted by Gasteiger charge is 2.12. The van der Waals surface area contributed by atoms with Gasteiger partial charge in [-0.05, 0) is 19.8 Å². The van der Waals surface area contributed by atoms with E-state index in [4.69, 9.17) is 5.11 Å². The largest absolute Gasteiger partial charge is 0.396 e. The first-order valence-corrected chi connectivity index (χ1v) is 5.97. The standard InChI is InChI=1S/C10H18N2OS/c1-3-9(4-5-13)12-8(2)10-6-14-7-11-10/h6-9,12-13H,3-5H2,1-2H3. The van der Waals surface area contributed by atoms with E-state index in [9.17, 15) is 0 Å². The van der Waals surface area contributed by atoms with Gasteiger partial charge in [-0.2, -0.15) is 0 Å². The van der Waals surface area contributed by atoms with E-state index in [0.717, 1.165) is 18.5 Å². The number of nitrogens with one attached hydrogen (secondary N) is 1. The number of aromatic nitrogens is 1. The Morgan fingerprint density at radius 1 is 1.64 bits per heavy atom. The van der Waals surface area contributed by atoms with Gasteiger partial charge in [-0.15, -0.1) is 11.3 Å². The van der Waals surface area contributed by atoms with Crippen LogP contribution >= 0.6 is 11.3 Å². The lowest BCUT2D eigenvalue weighted by molar-refractivity contribution is 0.256. The molecule has 0 spiro atoms. The van der Waals surface area contributed by atoms with E-state index in [1.54, 1.807) is 11.3 Å². The number of aliphatic hydroxyl groups excluding tert-OH is 1. The van der Waals surface area contributed by atoms with Crippen molar-refractivity contribution in [2.75, 3.05) is 6.61 Å². The third kappa shape index (κ3) is 3.36. The Hall–Kier alpha value is -0.450. The fraction of sp³-hybridized carbons (Fsp3) is 0.700. The summed E-state index contributed by atoms with van der Waals surface area (Å²) in [5, 5.41) is 14.4. The lowest BCUT2D eigenvalue weighted by Crippen LogP contribution is -2.31. The molecule has 80 valence electrons. The van der Waals surface area contributed by atoms with Gasteiger partial charge in [-0.3, -0.25) is 0 Å². The molecule has 0 amide bonds. The summed E-state index contributed by atoms with van der Waals surface area (Å²) < 4.78 is 0. The van der Waals surface area contributed by atoms with Gasteiger partial charge < -0.3 is 10.4 Å². The Bertz CT molecular complexity index is 238. The summed E-state index contributed by atoms with van der Waals surface area (Å²) in [6.45, 7) is 4.48. The second-order valence-electron chi connectivity index (χ2n) is 3.42. The Kier molecular flexibility index (Phi) is 5.07. The molecule has 1 rings (SSSR count). The van der Waals surface area contributed by atoms with Crippen LogP contribution in [0.3, 0.4) is 0 Å². The average Bonchev–Trinajstić information content (AvgIpc) is 2.69. The van der Waals surface area contributed by atoms with Crippen LogP contribution < -0.4 is 5.32 Å². The maximum absolute atomic E-state index is 8.86. The predicted octanol–water partition coefficient (Wildman–Crippen LogP) is 1.95. The normalized spacial score (nSPS) is 15.4. The Morgan fingerprint density at radius 2 is 2.43 bits per heavy atom. The van der Waals surface area contributed by atoms with E-state index in [1.807, 2.05) is 5.51 Å². The molecule has 0 aliphatic rings. The molecule has 4 heteroatoms. The second kappa shape index (κ2) is 6.11. The number of rotatable bonds is 6. The van der Waals surface area contributed by atoms with Crippen LogP contribution in [0.2, 0.25) is 0 Å². The molecule has 0 fully saturated rings. The predicted molar refractivity (Wildman–Crippen MR) is 59.4 cm³/mol. The average molecular weight is 214 g/mol. The van der Waals surface area contributed by atoms with Gasteiger partial charge >= 0.3 is 0 Å². The number of hydrogen-bond donors (Lipinski definition) is 2. The highest BCUT2D eigenvalue weighted by molar-refractivity contribution is 7.07. The minimum Gasteiger partial charge on any atom is -0.396 e. The van der Waals surface area contributed by atoms with Crippen molar-refractivity contribution in [1.82, 2.24) is 10.3 Å². The van der Waals surface area contributed by atoms with Gasteiger partial charge in [0.1, 0.15) is 0 Å². The summed E-state index contributed by atoms with van der Waals surface area (Å²) >= 11 is 1.62. The van der Waals surface area contributed by atoms with Gasteiger partial charge in [0.25, 0.3) is 0 Å². The zero-order valence-corrected chi connectivity index (χ0v) is 9.55. The van der Waals surface area contributed by atoms with E-state index >= 15 is 0 Å². The molecule has 0 aromatic carbocycles. The molecule has 1 heterocycles.